The van der Waals surface area contributed by atoms with E-state index in [9.17, 15) is 4.79 Å². The van der Waals surface area contributed by atoms with E-state index in [4.69, 9.17) is 4.74 Å². The van der Waals surface area contributed by atoms with E-state index in [1.165, 1.54) is 0 Å². The van der Waals surface area contributed by atoms with Gasteiger partial charge in [0.2, 0.25) is 5.91 Å². The number of carbonyl (C=O) groups is 1. The minimum absolute atomic E-state index is 0.0353. The van der Waals surface area contributed by atoms with Gasteiger partial charge in [-0.05, 0) is 30.6 Å². The fraction of sp³-hybridized carbons (Fsp3) is 0.941. The average Bonchev–Trinajstić information content (AvgIpc) is 2.61. The van der Waals surface area contributed by atoms with Crippen LogP contribution in [-0.2, 0) is 9.53 Å². The second-order valence-corrected chi connectivity index (χ2v) is 7.51. The average molecular weight is 298 g/mol. The normalized spacial score (nSPS) is 24.7. The van der Waals surface area contributed by atoms with Gasteiger partial charge in [-0.2, -0.15) is 0 Å². The predicted octanol–water partition coefficient (Wildman–Crippen LogP) is 2.88. The number of carbonyl (C=O) groups excluding carboxylic acids is 1. The van der Waals surface area contributed by atoms with Crippen LogP contribution in [0.3, 0.4) is 0 Å². The van der Waals surface area contributed by atoms with Crippen LogP contribution in [0.2, 0.25) is 0 Å². The minimum atomic E-state index is -0.0353. The molecule has 0 aromatic heterocycles. The van der Waals surface area contributed by atoms with Crippen molar-refractivity contribution in [3.05, 3.63) is 0 Å². The first-order valence-electron chi connectivity index (χ1n) is 8.35. The standard InChI is InChI=1S/C17H34N2O2/c1-11(2)8-14-17(20)19(15(10-21-7)13(5)6)16(18-14)9-12(3)4/h11-16,18H,8-10H2,1-7H3. The Morgan fingerprint density at radius 1 is 1.10 bits per heavy atom. The van der Waals surface area contributed by atoms with Crippen LogP contribution in [0.25, 0.3) is 0 Å². The van der Waals surface area contributed by atoms with Gasteiger partial charge in [-0.25, -0.2) is 0 Å². The largest absolute Gasteiger partial charge is 0.383 e. The minimum Gasteiger partial charge on any atom is -0.383 e. The highest BCUT2D eigenvalue weighted by atomic mass is 16.5. The first-order chi connectivity index (χ1) is 9.77. The van der Waals surface area contributed by atoms with Gasteiger partial charge in [-0.1, -0.05) is 41.5 Å². The lowest BCUT2D eigenvalue weighted by Gasteiger charge is -2.35. The van der Waals surface area contributed by atoms with E-state index < -0.39 is 0 Å². The second-order valence-electron chi connectivity index (χ2n) is 7.51. The Morgan fingerprint density at radius 2 is 1.67 bits per heavy atom. The molecular formula is C17H34N2O2. The fourth-order valence-corrected chi connectivity index (χ4v) is 3.15. The first kappa shape index (κ1) is 18.4. The molecule has 0 radical (unpaired) electrons. The molecule has 1 heterocycles. The summed E-state index contributed by atoms with van der Waals surface area (Å²) in [7, 11) is 1.71. The van der Waals surface area contributed by atoms with Crippen LogP contribution in [0.15, 0.2) is 0 Å². The van der Waals surface area contributed by atoms with Crippen molar-refractivity contribution >= 4 is 5.91 Å². The van der Waals surface area contributed by atoms with Gasteiger partial charge in [-0.15, -0.1) is 0 Å². The van der Waals surface area contributed by atoms with Gasteiger partial charge in [0, 0.05) is 7.11 Å². The molecule has 1 aliphatic heterocycles. The summed E-state index contributed by atoms with van der Waals surface area (Å²) in [6, 6.07) is 0.114. The molecule has 1 amide bonds. The highest BCUT2D eigenvalue weighted by Gasteiger charge is 2.43. The Labute approximate surface area is 130 Å². The molecule has 1 N–H and O–H groups in total. The number of ether oxygens (including phenoxy) is 1. The first-order valence-corrected chi connectivity index (χ1v) is 8.35. The molecule has 0 aliphatic carbocycles. The SMILES string of the molecule is COCC(C(C)C)N1C(=O)C(CC(C)C)NC1CC(C)C. The molecule has 3 unspecified atom stereocenters. The van der Waals surface area contributed by atoms with Gasteiger partial charge < -0.3 is 9.64 Å². The van der Waals surface area contributed by atoms with E-state index in [1.807, 2.05) is 0 Å². The molecule has 4 heteroatoms. The summed E-state index contributed by atoms with van der Waals surface area (Å²) in [4.78, 5) is 14.9. The van der Waals surface area contributed by atoms with Gasteiger partial charge in [0.15, 0.2) is 0 Å². The van der Waals surface area contributed by atoms with Crippen LogP contribution < -0.4 is 5.32 Å². The molecule has 0 saturated carbocycles. The molecule has 4 nitrogen and oxygen atoms in total. The molecule has 0 aromatic rings. The molecule has 3 atom stereocenters. The molecule has 1 saturated heterocycles. The molecular weight excluding hydrogens is 264 g/mol. The van der Waals surface area contributed by atoms with E-state index in [0.29, 0.717) is 24.4 Å². The van der Waals surface area contributed by atoms with Crippen LogP contribution >= 0.6 is 0 Å². The highest BCUT2D eigenvalue weighted by molar-refractivity contribution is 5.84. The van der Waals surface area contributed by atoms with Crippen molar-refractivity contribution < 1.29 is 9.53 Å². The maximum atomic E-state index is 12.9. The zero-order chi connectivity index (χ0) is 16.2. The number of nitrogens with one attached hydrogen (secondary N) is 1. The topological polar surface area (TPSA) is 41.6 Å². The molecule has 1 rings (SSSR count). The van der Waals surface area contributed by atoms with Crippen molar-refractivity contribution in [3.8, 4) is 0 Å². The maximum Gasteiger partial charge on any atom is 0.241 e. The summed E-state index contributed by atoms with van der Waals surface area (Å²) in [6.07, 6.45) is 2.04. The van der Waals surface area contributed by atoms with Crippen LogP contribution in [0.5, 0.6) is 0 Å². The van der Waals surface area contributed by atoms with Gasteiger partial charge in [0.25, 0.3) is 0 Å². The van der Waals surface area contributed by atoms with Crippen LogP contribution in [0.1, 0.15) is 54.4 Å². The maximum absolute atomic E-state index is 12.9. The van der Waals surface area contributed by atoms with E-state index in [2.05, 4.69) is 51.8 Å². The van der Waals surface area contributed by atoms with Crippen molar-refractivity contribution in [2.75, 3.05) is 13.7 Å². The number of methoxy groups -OCH3 is 1. The summed E-state index contributed by atoms with van der Waals surface area (Å²) >= 11 is 0. The van der Waals surface area contributed by atoms with Crippen LogP contribution in [0.4, 0.5) is 0 Å². The monoisotopic (exact) mass is 298 g/mol. The number of rotatable bonds is 8. The highest BCUT2D eigenvalue weighted by Crippen LogP contribution is 2.26. The summed E-state index contributed by atoms with van der Waals surface area (Å²) < 4.78 is 5.37. The van der Waals surface area contributed by atoms with Gasteiger partial charge in [0.1, 0.15) is 0 Å². The summed E-state index contributed by atoms with van der Waals surface area (Å²) in [5.74, 6) is 1.73. The van der Waals surface area contributed by atoms with Crippen LogP contribution in [0, 0.1) is 17.8 Å². The third kappa shape index (κ3) is 4.96. The van der Waals surface area contributed by atoms with Gasteiger partial charge >= 0.3 is 0 Å². The molecule has 0 aromatic carbocycles. The van der Waals surface area contributed by atoms with E-state index in [1.54, 1.807) is 7.11 Å². The third-order valence-corrected chi connectivity index (χ3v) is 4.15. The third-order valence-electron chi connectivity index (χ3n) is 4.15. The lowest BCUT2D eigenvalue weighted by Crippen LogP contribution is -2.49. The van der Waals surface area contributed by atoms with E-state index in [-0.39, 0.29) is 24.2 Å². The second kappa shape index (κ2) is 8.14. The zero-order valence-corrected chi connectivity index (χ0v) is 14.8. The van der Waals surface area contributed by atoms with Crippen molar-refractivity contribution in [1.82, 2.24) is 10.2 Å². The van der Waals surface area contributed by atoms with Gasteiger partial charge in [-0.3, -0.25) is 10.1 Å². The number of nitrogens with zero attached hydrogens (tertiary/aromatic N) is 1. The van der Waals surface area contributed by atoms with E-state index in [0.717, 1.165) is 12.8 Å². The molecule has 0 bridgehead atoms. The number of hydrogen-bond acceptors (Lipinski definition) is 3. The quantitative estimate of drug-likeness (QED) is 0.749. The number of hydrogen-bond donors (Lipinski definition) is 1. The van der Waals surface area contributed by atoms with Crippen LogP contribution in [-0.4, -0.2) is 42.8 Å². The summed E-state index contributed by atoms with van der Waals surface area (Å²) in [6.45, 7) is 13.7. The fourth-order valence-electron chi connectivity index (χ4n) is 3.15. The van der Waals surface area contributed by atoms with Crippen molar-refractivity contribution in [2.45, 2.75) is 72.6 Å². The number of amides is 1. The Morgan fingerprint density at radius 3 is 2.10 bits per heavy atom. The predicted molar refractivity (Wildman–Crippen MR) is 87.0 cm³/mol. The zero-order valence-electron chi connectivity index (χ0n) is 14.8. The molecule has 0 spiro atoms. The lowest BCUT2D eigenvalue weighted by atomic mass is 10.00. The molecule has 1 aliphatic rings. The molecule has 21 heavy (non-hydrogen) atoms. The Kier molecular flexibility index (Phi) is 7.14. The van der Waals surface area contributed by atoms with Gasteiger partial charge in [0.05, 0.1) is 24.9 Å². The Hall–Kier alpha value is -0.610. The summed E-state index contributed by atoms with van der Waals surface area (Å²) in [5, 5.41) is 3.57. The summed E-state index contributed by atoms with van der Waals surface area (Å²) in [5.41, 5.74) is 0. The van der Waals surface area contributed by atoms with Crippen molar-refractivity contribution in [2.24, 2.45) is 17.8 Å². The molecule has 1 fully saturated rings. The van der Waals surface area contributed by atoms with E-state index >= 15 is 0 Å². The smallest absolute Gasteiger partial charge is 0.241 e. The van der Waals surface area contributed by atoms with Crippen molar-refractivity contribution in [3.63, 3.8) is 0 Å². The lowest BCUT2D eigenvalue weighted by molar-refractivity contribution is -0.135. The van der Waals surface area contributed by atoms with Crippen molar-refractivity contribution in [1.29, 1.82) is 0 Å². The Balaban J connectivity index is 2.94. The Bertz CT molecular complexity index is 329. The molecule has 124 valence electrons.